The minimum Gasteiger partial charge on any atom is -0.0654 e. The van der Waals surface area contributed by atoms with Gasteiger partial charge < -0.3 is 0 Å². The zero-order chi connectivity index (χ0) is 13.1. The highest BCUT2D eigenvalue weighted by molar-refractivity contribution is 4.65. The maximum Gasteiger partial charge on any atom is -0.0414 e. The fourth-order valence-corrected chi connectivity index (χ4v) is 3.77. The molecule has 1 saturated carbocycles. The minimum atomic E-state index is 1.06. The summed E-state index contributed by atoms with van der Waals surface area (Å²) in [5.41, 5.74) is 0. The molecule has 0 heterocycles. The van der Waals surface area contributed by atoms with Gasteiger partial charge in [-0.3, -0.25) is 0 Å². The molecule has 0 N–H and O–H groups in total. The molecule has 1 fully saturated rings. The number of rotatable bonds is 4. The molecule has 0 atom stereocenters. The molecule has 108 valence electrons. The van der Waals surface area contributed by atoms with Crippen LogP contribution in [0.2, 0.25) is 0 Å². The van der Waals surface area contributed by atoms with Crippen molar-refractivity contribution in [3.05, 3.63) is 0 Å². The summed E-state index contributed by atoms with van der Waals surface area (Å²) in [5, 5.41) is 0. The van der Waals surface area contributed by atoms with Crippen LogP contribution in [-0.4, -0.2) is 0 Å². The van der Waals surface area contributed by atoms with Crippen LogP contribution in [-0.2, 0) is 0 Å². The van der Waals surface area contributed by atoms with Gasteiger partial charge in [0, 0.05) is 0 Å². The van der Waals surface area contributed by atoms with E-state index in [9.17, 15) is 0 Å². The quantitative estimate of drug-likeness (QED) is 0.520. The SMILES string of the molecule is CCCC1CCCCCC(CCC)CCCCC1. The van der Waals surface area contributed by atoms with Crippen molar-refractivity contribution < 1.29 is 0 Å². The van der Waals surface area contributed by atoms with Gasteiger partial charge in [-0.1, -0.05) is 104 Å². The van der Waals surface area contributed by atoms with E-state index in [1.54, 1.807) is 0 Å². The molecule has 0 aromatic carbocycles. The van der Waals surface area contributed by atoms with Crippen LogP contribution in [0.4, 0.5) is 0 Å². The Morgan fingerprint density at radius 3 is 1.17 bits per heavy atom. The Bertz CT molecular complexity index is 141. The molecule has 1 aliphatic carbocycles. The summed E-state index contributed by atoms with van der Waals surface area (Å²) in [7, 11) is 0. The third-order valence-corrected chi connectivity index (χ3v) is 4.84. The standard InChI is InChI=1S/C18H36/c1-3-11-17-13-7-5-9-15-18(12-4-2)16-10-6-8-14-17/h17-18H,3-16H2,1-2H3. The average molecular weight is 252 g/mol. The van der Waals surface area contributed by atoms with Crippen molar-refractivity contribution in [2.24, 2.45) is 11.8 Å². The van der Waals surface area contributed by atoms with E-state index in [1.807, 2.05) is 0 Å². The fraction of sp³-hybridized carbons (Fsp3) is 1.00. The van der Waals surface area contributed by atoms with Crippen molar-refractivity contribution in [3.8, 4) is 0 Å². The molecular weight excluding hydrogens is 216 g/mol. The Labute approximate surface area is 116 Å². The van der Waals surface area contributed by atoms with Crippen molar-refractivity contribution in [2.75, 3.05) is 0 Å². The third-order valence-electron chi connectivity index (χ3n) is 4.84. The first-order chi connectivity index (χ1) is 8.86. The average Bonchev–Trinajstić information content (AvgIpc) is 2.35. The molecule has 18 heavy (non-hydrogen) atoms. The Hall–Kier alpha value is 0. The van der Waals surface area contributed by atoms with E-state index in [0.717, 1.165) is 11.8 Å². The lowest BCUT2D eigenvalue weighted by Crippen LogP contribution is -2.04. The zero-order valence-corrected chi connectivity index (χ0v) is 13.1. The largest absolute Gasteiger partial charge is 0.0654 e. The minimum absolute atomic E-state index is 1.06. The fourth-order valence-electron chi connectivity index (χ4n) is 3.77. The van der Waals surface area contributed by atoms with Crippen LogP contribution in [0.3, 0.4) is 0 Å². The Kier molecular flexibility index (Phi) is 9.70. The summed E-state index contributed by atoms with van der Waals surface area (Å²) >= 11 is 0. The van der Waals surface area contributed by atoms with Crippen LogP contribution in [0.1, 0.15) is 104 Å². The molecule has 0 amide bonds. The number of hydrogen-bond donors (Lipinski definition) is 0. The highest BCUT2D eigenvalue weighted by atomic mass is 14.2. The first kappa shape index (κ1) is 16.1. The first-order valence-corrected chi connectivity index (χ1v) is 8.86. The van der Waals surface area contributed by atoms with E-state index in [1.165, 1.54) is 89.9 Å². The predicted molar refractivity (Wildman–Crippen MR) is 83.0 cm³/mol. The lowest BCUT2D eigenvalue weighted by Gasteiger charge is -2.20. The van der Waals surface area contributed by atoms with Gasteiger partial charge in [-0.2, -0.15) is 0 Å². The molecule has 0 aromatic heterocycles. The molecule has 0 aromatic rings. The van der Waals surface area contributed by atoms with Crippen LogP contribution in [0.5, 0.6) is 0 Å². The second-order valence-electron chi connectivity index (χ2n) is 6.59. The molecule has 0 heteroatoms. The van der Waals surface area contributed by atoms with Gasteiger partial charge in [-0.15, -0.1) is 0 Å². The summed E-state index contributed by atoms with van der Waals surface area (Å²) in [6, 6.07) is 0. The van der Waals surface area contributed by atoms with Crippen LogP contribution >= 0.6 is 0 Å². The van der Waals surface area contributed by atoms with Gasteiger partial charge in [-0.25, -0.2) is 0 Å². The summed E-state index contributed by atoms with van der Waals surface area (Å²) in [6.45, 7) is 4.71. The van der Waals surface area contributed by atoms with Crippen molar-refractivity contribution in [3.63, 3.8) is 0 Å². The second-order valence-corrected chi connectivity index (χ2v) is 6.59. The second kappa shape index (κ2) is 10.9. The molecule has 0 unspecified atom stereocenters. The smallest absolute Gasteiger partial charge is 0.0414 e. The molecule has 1 aliphatic rings. The molecule has 0 spiro atoms. The predicted octanol–water partition coefficient (Wildman–Crippen LogP) is 6.73. The van der Waals surface area contributed by atoms with Crippen LogP contribution in [0, 0.1) is 11.8 Å². The molecule has 1 rings (SSSR count). The molecule has 0 saturated heterocycles. The van der Waals surface area contributed by atoms with Crippen LogP contribution in [0.15, 0.2) is 0 Å². The Balaban J connectivity index is 2.28. The Morgan fingerprint density at radius 2 is 0.889 bits per heavy atom. The normalized spacial score (nSPS) is 28.3. The van der Waals surface area contributed by atoms with E-state index in [4.69, 9.17) is 0 Å². The van der Waals surface area contributed by atoms with Gasteiger partial charge >= 0.3 is 0 Å². The van der Waals surface area contributed by atoms with Crippen molar-refractivity contribution in [1.82, 2.24) is 0 Å². The van der Waals surface area contributed by atoms with E-state index in [0.29, 0.717) is 0 Å². The molecule has 0 aliphatic heterocycles. The molecule has 0 bridgehead atoms. The van der Waals surface area contributed by atoms with Crippen molar-refractivity contribution in [1.29, 1.82) is 0 Å². The van der Waals surface area contributed by atoms with E-state index in [-0.39, 0.29) is 0 Å². The van der Waals surface area contributed by atoms with E-state index in [2.05, 4.69) is 13.8 Å². The van der Waals surface area contributed by atoms with Gasteiger partial charge in [-0.05, 0) is 11.8 Å². The van der Waals surface area contributed by atoms with E-state index >= 15 is 0 Å². The maximum absolute atomic E-state index is 2.35. The highest BCUT2D eigenvalue weighted by Crippen LogP contribution is 2.27. The zero-order valence-electron chi connectivity index (χ0n) is 13.1. The summed E-state index contributed by atoms with van der Waals surface area (Å²) < 4.78 is 0. The van der Waals surface area contributed by atoms with Crippen LogP contribution < -0.4 is 0 Å². The maximum atomic E-state index is 2.35. The van der Waals surface area contributed by atoms with Gasteiger partial charge in [0.25, 0.3) is 0 Å². The van der Waals surface area contributed by atoms with Crippen LogP contribution in [0.25, 0.3) is 0 Å². The third kappa shape index (κ3) is 7.44. The monoisotopic (exact) mass is 252 g/mol. The van der Waals surface area contributed by atoms with Gasteiger partial charge in [0.2, 0.25) is 0 Å². The summed E-state index contributed by atoms with van der Waals surface area (Å²) in [6.07, 6.45) is 20.8. The van der Waals surface area contributed by atoms with Gasteiger partial charge in [0.1, 0.15) is 0 Å². The molecule has 0 radical (unpaired) electrons. The summed E-state index contributed by atoms with van der Waals surface area (Å²) in [5.74, 6) is 2.11. The van der Waals surface area contributed by atoms with Crippen molar-refractivity contribution in [2.45, 2.75) is 104 Å². The lowest BCUT2D eigenvalue weighted by atomic mass is 9.86. The topological polar surface area (TPSA) is 0 Å². The molecular formula is C18H36. The highest BCUT2D eigenvalue weighted by Gasteiger charge is 2.11. The van der Waals surface area contributed by atoms with Crippen molar-refractivity contribution >= 4 is 0 Å². The summed E-state index contributed by atoms with van der Waals surface area (Å²) in [4.78, 5) is 0. The van der Waals surface area contributed by atoms with Gasteiger partial charge in [0.15, 0.2) is 0 Å². The number of hydrogen-bond acceptors (Lipinski definition) is 0. The van der Waals surface area contributed by atoms with E-state index < -0.39 is 0 Å². The van der Waals surface area contributed by atoms with Gasteiger partial charge in [0.05, 0.1) is 0 Å². The Morgan fingerprint density at radius 1 is 0.556 bits per heavy atom. The molecule has 0 nitrogen and oxygen atoms in total. The lowest BCUT2D eigenvalue weighted by molar-refractivity contribution is 0.336. The first-order valence-electron chi connectivity index (χ1n) is 8.86.